The van der Waals surface area contributed by atoms with Crippen molar-refractivity contribution in [1.29, 1.82) is 0 Å². The minimum atomic E-state index is -1.05. The van der Waals surface area contributed by atoms with E-state index in [9.17, 15) is 14.3 Å². The number of carboxylic acids is 1. The van der Waals surface area contributed by atoms with Gasteiger partial charge < -0.3 is 9.84 Å². The van der Waals surface area contributed by atoms with E-state index in [-0.39, 0.29) is 18.6 Å². The van der Waals surface area contributed by atoms with Crippen LogP contribution in [0, 0.1) is 19.7 Å². The molecule has 2 aromatic rings. The molecule has 2 aromatic carbocycles. The Labute approximate surface area is 129 Å². The molecule has 0 bridgehead atoms. The maximum atomic E-state index is 13.8. The fraction of sp³-hybridized carbons (Fsp3) is 0.278. The molecule has 0 amide bonds. The number of rotatable bonds is 6. The summed E-state index contributed by atoms with van der Waals surface area (Å²) in [5.41, 5.74) is 2.26. The van der Waals surface area contributed by atoms with Gasteiger partial charge in [0.15, 0.2) is 0 Å². The first-order valence-corrected chi connectivity index (χ1v) is 7.16. The van der Waals surface area contributed by atoms with Gasteiger partial charge in [-0.25, -0.2) is 4.39 Å². The fourth-order valence-corrected chi connectivity index (χ4v) is 2.32. The number of aliphatic carboxylic acids is 1. The molecule has 0 aliphatic carbocycles. The molecule has 0 radical (unpaired) electrons. The molecule has 22 heavy (non-hydrogen) atoms. The maximum Gasteiger partial charge on any atom is 0.311 e. The Kier molecular flexibility index (Phi) is 5.15. The first-order chi connectivity index (χ1) is 10.5. The largest absolute Gasteiger partial charge is 0.493 e. The van der Waals surface area contributed by atoms with Crippen molar-refractivity contribution in [3.05, 3.63) is 65.0 Å². The van der Waals surface area contributed by atoms with Gasteiger partial charge in [0.25, 0.3) is 0 Å². The van der Waals surface area contributed by atoms with Crippen molar-refractivity contribution in [3.63, 3.8) is 0 Å². The lowest BCUT2D eigenvalue weighted by Gasteiger charge is -2.15. The van der Waals surface area contributed by atoms with E-state index in [1.807, 2.05) is 32.0 Å². The molecule has 0 fully saturated rings. The second-order valence-corrected chi connectivity index (χ2v) is 5.32. The smallest absolute Gasteiger partial charge is 0.311 e. The molecule has 1 unspecified atom stereocenters. The minimum Gasteiger partial charge on any atom is -0.493 e. The number of halogens is 1. The summed E-state index contributed by atoms with van der Waals surface area (Å²) >= 11 is 0. The van der Waals surface area contributed by atoms with Crippen molar-refractivity contribution in [1.82, 2.24) is 0 Å². The number of carbonyl (C=O) groups is 1. The minimum absolute atomic E-state index is 0.194. The van der Waals surface area contributed by atoms with Crippen LogP contribution in [0.15, 0.2) is 42.5 Å². The quantitative estimate of drug-likeness (QED) is 0.874. The molecule has 0 aromatic heterocycles. The van der Waals surface area contributed by atoms with Gasteiger partial charge in [-0.2, -0.15) is 0 Å². The monoisotopic (exact) mass is 302 g/mol. The Hall–Kier alpha value is -2.36. The van der Waals surface area contributed by atoms with Gasteiger partial charge in [-0.05, 0) is 43.5 Å². The lowest BCUT2D eigenvalue weighted by molar-refractivity contribution is -0.139. The van der Waals surface area contributed by atoms with Crippen LogP contribution in [-0.4, -0.2) is 17.7 Å². The standard InChI is InChI=1S/C18H19FO3/c1-12-7-8-13(2)17(11-12)22-10-9-15(18(20)21)14-5-3-4-6-16(14)19/h3-8,11,15H,9-10H2,1-2H3,(H,20,21). The number of hydrogen-bond donors (Lipinski definition) is 1. The Morgan fingerprint density at radius 3 is 2.64 bits per heavy atom. The number of aryl methyl sites for hydroxylation is 2. The summed E-state index contributed by atoms with van der Waals surface area (Å²) in [6.45, 7) is 4.11. The Morgan fingerprint density at radius 2 is 1.95 bits per heavy atom. The van der Waals surface area contributed by atoms with Crippen molar-refractivity contribution in [2.75, 3.05) is 6.61 Å². The summed E-state index contributed by atoms with van der Waals surface area (Å²) in [7, 11) is 0. The molecule has 0 saturated heterocycles. The van der Waals surface area contributed by atoms with E-state index in [4.69, 9.17) is 4.74 Å². The summed E-state index contributed by atoms with van der Waals surface area (Å²) < 4.78 is 19.4. The average molecular weight is 302 g/mol. The third kappa shape index (κ3) is 3.85. The van der Waals surface area contributed by atoms with Crippen LogP contribution in [0.25, 0.3) is 0 Å². The van der Waals surface area contributed by atoms with Crippen molar-refractivity contribution in [3.8, 4) is 5.75 Å². The number of benzene rings is 2. The van der Waals surface area contributed by atoms with Crippen molar-refractivity contribution in [2.45, 2.75) is 26.2 Å². The molecule has 3 nitrogen and oxygen atoms in total. The third-order valence-corrected chi connectivity index (χ3v) is 3.59. The van der Waals surface area contributed by atoms with Crippen molar-refractivity contribution < 1.29 is 19.0 Å². The summed E-state index contributed by atoms with van der Waals surface area (Å²) in [5.74, 6) is -1.72. The first-order valence-electron chi connectivity index (χ1n) is 7.16. The van der Waals surface area contributed by atoms with Crippen LogP contribution in [0.4, 0.5) is 4.39 Å². The predicted molar refractivity (Wildman–Crippen MR) is 82.8 cm³/mol. The van der Waals surface area contributed by atoms with Gasteiger partial charge in [-0.1, -0.05) is 30.3 Å². The molecule has 0 heterocycles. The van der Waals surface area contributed by atoms with Crippen LogP contribution in [0.5, 0.6) is 5.75 Å². The summed E-state index contributed by atoms with van der Waals surface area (Å²) in [6.07, 6.45) is 0.212. The molecule has 0 saturated carbocycles. The molecule has 1 atom stereocenters. The molecule has 1 N–H and O–H groups in total. The van der Waals surface area contributed by atoms with Crippen LogP contribution in [-0.2, 0) is 4.79 Å². The van der Waals surface area contributed by atoms with Gasteiger partial charge in [0, 0.05) is 5.56 Å². The molecule has 116 valence electrons. The van der Waals surface area contributed by atoms with Crippen molar-refractivity contribution in [2.24, 2.45) is 0 Å². The zero-order valence-corrected chi connectivity index (χ0v) is 12.7. The van der Waals surface area contributed by atoms with E-state index < -0.39 is 17.7 Å². The highest BCUT2D eigenvalue weighted by Crippen LogP contribution is 2.24. The second kappa shape index (κ2) is 7.07. The van der Waals surface area contributed by atoms with Crippen LogP contribution < -0.4 is 4.74 Å². The summed E-state index contributed by atoms with van der Waals surface area (Å²) in [5, 5.41) is 9.32. The van der Waals surface area contributed by atoms with Gasteiger partial charge in [0.2, 0.25) is 0 Å². The molecule has 0 aliphatic rings. The summed E-state index contributed by atoms with van der Waals surface area (Å²) in [4.78, 5) is 11.4. The molecule has 4 heteroatoms. The maximum absolute atomic E-state index is 13.8. The lowest BCUT2D eigenvalue weighted by atomic mass is 9.96. The molecular formula is C18H19FO3. The predicted octanol–water partition coefficient (Wildman–Crippen LogP) is 4.08. The highest BCUT2D eigenvalue weighted by molar-refractivity contribution is 5.76. The van der Waals surface area contributed by atoms with E-state index in [2.05, 4.69) is 0 Å². The van der Waals surface area contributed by atoms with Crippen LogP contribution >= 0.6 is 0 Å². The van der Waals surface area contributed by atoms with Gasteiger partial charge in [0.1, 0.15) is 11.6 Å². The van der Waals surface area contributed by atoms with Crippen molar-refractivity contribution >= 4 is 5.97 Å². The van der Waals surface area contributed by atoms with E-state index in [0.717, 1.165) is 16.9 Å². The summed E-state index contributed by atoms with van der Waals surface area (Å²) in [6, 6.07) is 11.8. The van der Waals surface area contributed by atoms with E-state index in [0.29, 0.717) is 0 Å². The second-order valence-electron chi connectivity index (χ2n) is 5.32. The first kappa shape index (κ1) is 16.0. The van der Waals surface area contributed by atoms with Gasteiger partial charge in [-0.3, -0.25) is 4.79 Å². The van der Waals surface area contributed by atoms with Gasteiger partial charge in [-0.15, -0.1) is 0 Å². The lowest BCUT2D eigenvalue weighted by Crippen LogP contribution is -2.16. The number of ether oxygens (including phenoxy) is 1. The normalized spacial score (nSPS) is 12.0. The molecule has 2 rings (SSSR count). The van der Waals surface area contributed by atoms with Crippen LogP contribution in [0.2, 0.25) is 0 Å². The number of hydrogen-bond acceptors (Lipinski definition) is 2. The SMILES string of the molecule is Cc1ccc(C)c(OCCC(C(=O)O)c2ccccc2F)c1. The van der Waals surface area contributed by atoms with Crippen LogP contribution in [0.3, 0.4) is 0 Å². The topological polar surface area (TPSA) is 46.5 Å². The van der Waals surface area contributed by atoms with Gasteiger partial charge in [0.05, 0.1) is 12.5 Å². The molecule has 0 spiro atoms. The van der Waals surface area contributed by atoms with E-state index in [1.54, 1.807) is 12.1 Å². The van der Waals surface area contributed by atoms with Gasteiger partial charge >= 0.3 is 5.97 Å². The zero-order valence-electron chi connectivity index (χ0n) is 12.7. The molecule has 0 aliphatic heterocycles. The molecular weight excluding hydrogens is 283 g/mol. The number of carboxylic acid groups (broad SMARTS) is 1. The highest BCUT2D eigenvalue weighted by atomic mass is 19.1. The van der Waals surface area contributed by atoms with E-state index >= 15 is 0 Å². The van der Waals surface area contributed by atoms with E-state index in [1.165, 1.54) is 12.1 Å². The average Bonchev–Trinajstić information content (AvgIpc) is 2.48. The Morgan fingerprint density at radius 1 is 1.23 bits per heavy atom. The van der Waals surface area contributed by atoms with Crippen LogP contribution in [0.1, 0.15) is 29.0 Å². The fourth-order valence-electron chi connectivity index (χ4n) is 2.32. The third-order valence-electron chi connectivity index (χ3n) is 3.59. The highest BCUT2D eigenvalue weighted by Gasteiger charge is 2.22. The zero-order chi connectivity index (χ0) is 16.1. The Balaban J connectivity index is 2.06. The Bertz CT molecular complexity index is 667.